The van der Waals surface area contributed by atoms with Crippen molar-refractivity contribution in [3.05, 3.63) is 38.9 Å². The van der Waals surface area contributed by atoms with Crippen molar-refractivity contribution in [1.29, 1.82) is 0 Å². The fourth-order valence-corrected chi connectivity index (χ4v) is 2.74. The van der Waals surface area contributed by atoms with Crippen molar-refractivity contribution in [3.63, 3.8) is 0 Å². The van der Waals surface area contributed by atoms with Gasteiger partial charge in [0.2, 0.25) is 0 Å². The molecule has 0 spiro atoms. The van der Waals surface area contributed by atoms with Crippen molar-refractivity contribution in [2.45, 2.75) is 38.0 Å². The average molecular weight is 388 g/mol. The number of nitrogens with zero attached hydrogens (tertiary/aromatic N) is 2. The van der Waals surface area contributed by atoms with Crippen LogP contribution in [0.2, 0.25) is 5.02 Å². The van der Waals surface area contributed by atoms with Gasteiger partial charge < -0.3 is 10.4 Å². The molecule has 140 valence electrons. The first-order valence-electron chi connectivity index (χ1n) is 7.62. The van der Waals surface area contributed by atoms with Crippen LogP contribution < -0.4 is 5.32 Å². The zero-order chi connectivity index (χ0) is 19.6. The molecule has 2 N–H and O–H groups in total. The van der Waals surface area contributed by atoms with Gasteiger partial charge in [0.1, 0.15) is 17.8 Å². The number of imide groups is 1. The average Bonchev–Trinajstić information content (AvgIpc) is 3.27. The van der Waals surface area contributed by atoms with E-state index in [1.54, 1.807) is 0 Å². The molecule has 3 atom stereocenters. The molecular weight excluding hydrogens is 373 g/mol. The predicted octanol–water partition coefficient (Wildman–Crippen LogP) is 2.37. The summed E-state index contributed by atoms with van der Waals surface area (Å²) in [4.78, 5) is 47.2. The van der Waals surface area contributed by atoms with E-state index >= 15 is 0 Å². The summed E-state index contributed by atoms with van der Waals surface area (Å²) in [5.74, 6) is -2.12. The normalized spacial score (nSPS) is 19.3. The van der Waals surface area contributed by atoms with Crippen LogP contribution in [0.4, 0.5) is 14.9 Å². The second-order valence-corrected chi connectivity index (χ2v) is 6.04. The number of carbonyl (C=O) groups excluding carboxylic acids is 2. The summed E-state index contributed by atoms with van der Waals surface area (Å²) in [6.07, 6.45) is -3.09. The molecule has 1 aromatic carbocycles. The van der Waals surface area contributed by atoms with E-state index in [4.69, 9.17) is 16.7 Å². The van der Waals surface area contributed by atoms with E-state index in [2.05, 4.69) is 0 Å². The predicted molar refractivity (Wildman–Crippen MR) is 87.8 cm³/mol. The maximum absolute atomic E-state index is 13.6. The van der Waals surface area contributed by atoms with Crippen molar-refractivity contribution in [2.24, 2.45) is 0 Å². The highest BCUT2D eigenvalue weighted by Gasteiger charge is 2.50. The Morgan fingerprint density at radius 1 is 1.50 bits per heavy atom. The highest BCUT2D eigenvalue weighted by molar-refractivity contribution is 6.35. The number of carboxylic acid groups (broad SMARTS) is 1. The minimum atomic E-state index is -1.49. The second-order valence-electron chi connectivity index (χ2n) is 5.63. The number of amides is 3. The number of nitrogens with one attached hydrogen (secondary N) is 1. The summed E-state index contributed by atoms with van der Waals surface area (Å²) in [6.45, 7) is 1.50. The quantitative estimate of drug-likeness (QED) is 0.569. The van der Waals surface area contributed by atoms with E-state index in [1.807, 2.05) is 5.32 Å². The lowest BCUT2D eigenvalue weighted by Crippen LogP contribution is -2.51. The van der Waals surface area contributed by atoms with Gasteiger partial charge in [0, 0.05) is 12.5 Å². The molecule has 0 aromatic heterocycles. The number of benzene rings is 1. The molecule has 1 saturated carbocycles. The zero-order valence-electron chi connectivity index (χ0n) is 13.5. The zero-order valence-corrected chi connectivity index (χ0v) is 14.3. The molecule has 0 heterocycles. The first kappa shape index (κ1) is 19.6. The molecule has 1 aliphatic rings. The minimum absolute atomic E-state index is 0.00318. The Labute approximate surface area is 151 Å². The third-order valence-electron chi connectivity index (χ3n) is 3.88. The van der Waals surface area contributed by atoms with Gasteiger partial charge >= 0.3 is 6.09 Å². The highest BCUT2D eigenvalue weighted by atomic mass is 35.5. The third kappa shape index (κ3) is 3.90. The maximum atomic E-state index is 13.6. The van der Waals surface area contributed by atoms with Gasteiger partial charge in [-0.15, -0.1) is 0 Å². The van der Waals surface area contributed by atoms with Crippen LogP contribution >= 0.6 is 11.6 Å². The number of nitro groups is 1. The fourth-order valence-electron chi connectivity index (χ4n) is 2.49. The van der Waals surface area contributed by atoms with E-state index in [9.17, 15) is 28.9 Å². The molecule has 1 aliphatic carbocycles. The first-order valence-corrected chi connectivity index (χ1v) is 8.00. The lowest BCUT2D eigenvalue weighted by molar-refractivity contribution is -0.385. The van der Waals surface area contributed by atoms with Crippen LogP contribution in [0.5, 0.6) is 0 Å². The van der Waals surface area contributed by atoms with Crippen LogP contribution in [0.25, 0.3) is 0 Å². The van der Waals surface area contributed by atoms with Crippen LogP contribution in [-0.4, -0.2) is 51.1 Å². The fraction of sp³-hybridized carbons (Fsp3) is 0.400. The summed E-state index contributed by atoms with van der Waals surface area (Å²) >= 11 is 5.91. The van der Waals surface area contributed by atoms with Gasteiger partial charge in [0.05, 0.1) is 16.0 Å². The number of hydrogen-bond donors (Lipinski definition) is 2. The molecule has 0 saturated heterocycles. The molecule has 0 unspecified atom stereocenters. The summed E-state index contributed by atoms with van der Waals surface area (Å²) < 4.78 is 13.6. The molecule has 3 amide bonds. The summed E-state index contributed by atoms with van der Waals surface area (Å²) in [6, 6.07) is 1.12. The van der Waals surface area contributed by atoms with Crippen molar-refractivity contribution < 1.29 is 28.8 Å². The number of nitro benzene ring substituents is 1. The molecule has 1 aromatic rings. The molecule has 0 radical (unpaired) electrons. The molecule has 1 fully saturated rings. The Balaban J connectivity index is 2.46. The van der Waals surface area contributed by atoms with Crippen LogP contribution in [0, 0.1) is 10.1 Å². The number of halogens is 2. The van der Waals surface area contributed by atoms with Gasteiger partial charge in [-0.3, -0.25) is 24.6 Å². The lowest BCUT2D eigenvalue weighted by atomic mass is 10.1. The van der Waals surface area contributed by atoms with Gasteiger partial charge in [-0.2, -0.15) is 0 Å². The Morgan fingerprint density at radius 2 is 2.12 bits per heavy atom. The summed E-state index contributed by atoms with van der Waals surface area (Å²) in [5.41, 5.74) is -1.17. The van der Waals surface area contributed by atoms with Crippen LogP contribution in [0.1, 0.15) is 30.1 Å². The van der Waals surface area contributed by atoms with E-state index in [1.165, 1.54) is 19.1 Å². The summed E-state index contributed by atoms with van der Waals surface area (Å²) in [5, 5.41) is 21.7. The molecule has 2 rings (SSSR count). The maximum Gasteiger partial charge on any atom is 0.405 e. The molecule has 0 bridgehead atoms. The molecular formula is C15H15ClFN3O6. The Hall–Kier alpha value is -2.75. The largest absolute Gasteiger partial charge is 0.465 e. The monoisotopic (exact) mass is 387 g/mol. The van der Waals surface area contributed by atoms with Gasteiger partial charge in [-0.25, -0.2) is 9.18 Å². The van der Waals surface area contributed by atoms with Gasteiger partial charge in [-0.05, 0) is 12.5 Å². The van der Waals surface area contributed by atoms with Gasteiger partial charge in [-0.1, -0.05) is 24.6 Å². The van der Waals surface area contributed by atoms with Crippen molar-refractivity contribution >= 4 is 35.2 Å². The van der Waals surface area contributed by atoms with Crippen molar-refractivity contribution in [3.8, 4) is 0 Å². The van der Waals surface area contributed by atoms with Gasteiger partial charge in [0.25, 0.3) is 17.5 Å². The Bertz CT molecular complexity index is 774. The number of carbonyl (C=O) groups is 3. The van der Waals surface area contributed by atoms with Crippen LogP contribution in [0.3, 0.4) is 0 Å². The van der Waals surface area contributed by atoms with E-state index in [-0.39, 0.29) is 17.9 Å². The molecule has 11 heteroatoms. The first-order chi connectivity index (χ1) is 12.2. The number of hydrogen-bond acceptors (Lipinski definition) is 5. The molecule has 26 heavy (non-hydrogen) atoms. The number of alkyl halides is 1. The standard InChI is InChI=1S/C15H15ClFN3O6/c1-2-9(18-15(23)24)13(21)19(11-6-8(11)17)14(22)12-7(16)4-3-5-10(12)20(25)26/h3-5,8-9,11,18H,2,6H2,1H3,(H,23,24)/t8-,9-,11+/m0/s1. The van der Waals surface area contributed by atoms with Crippen LogP contribution in [-0.2, 0) is 4.79 Å². The molecule has 0 aliphatic heterocycles. The lowest BCUT2D eigenvalue weighted by Gasteiger charge is -2.25. The second kappa shape index (κ2) is 7.65. The van der Waals surface area contributed by atoms with Crippen molar-refractivity contribution in [2.75, 3.05) is 0 Å². The van der Waals surface area contributed by atoms with Crippen molar-refractivity contribution in [1.82, 2.24) is 10.2 Å². The minimum Gasteiger partial charge on any atom is -0.465 e. The van der Waals surface area contributed by atoms with Crippen LogP contribution in [0.15, 0.2) is 18.2 Å². The van der Waals surface area contributed by atoms with E-state index < -0.39 is 52.3 Å². The van der Waals surface area contributed by atoms with Gasteiger partial charge in [0.15, 0.2) is 0 Å². The van der Waals surface area contributed by atoms with E-state index in [0.717, 1.165) is 6.07 Å². The SMILES string of the molecule is CC[C@H](NC(=O)O)C(=O)N(C(=O)c1c(Cl)cccc1[N+](=O)[O-])[C@@H]1C[C@@H]1F. The molecule has 9 nitrogen and oxygen atoms in total. The third-order valence-corrected chi connectivity index (χ3v) is 4.19. The smallest absolute Gasteiger partial charge is 0.405 e. The Morgan fingerprint density at radius 3 is 2.58 bits per heavy atom. The summed E-state index contributed by atoms with van der Waals surface area (Å²) in [7, 11) is 0. The number of rotatable bonds is 6. The van der Waals surface area contributed by atoms with E-state index in [0.29, 0.717) is 4.90 Å². The topological polar surface area (TPSA) is 130 Å². The highest BCUT2D eigenvalue weighted by Crippen LogP contribution is 2.36. The Kier molecular flexibility index (Phi) is 5.76.